The summed E-state index contributed by atoms with van der Waals surface area (Å²) in [7, 11) is 0. The van der Waals surface area contributed by atoms with E-state index in [-0.39, 0.29) is 5.56 Å². The van der Waals surface area contributed by atoms with Crippen molar-refractivity contribution in [3.05, 3.63) is 40.6 Å². The van der Waals surface area contributed by atoms with Crippen LogP contribution in [0.1, 0.15) is 45.0 Å². The Bertz CT molecular complexity index is 695. The van der Waals surface area contributed by atoms with E-state index in [0.717, 1.165) is 5.56 Å². The van der Waals surface area contributed by atoms with Gasteiger partial charge in [-0.05, 0) is 31.4 Å². The summed E-state index contributed by atoms with van der Waals surface area (Å²) in [4.78, 5) is 12.3. The predicted molar refractivity (Wildman–Crippen MR) is 79.9 cm³/mol. The van der Waals surface area contributed by atoms with Gasteiger partial charge in [0.2, 0.25) is 0 Å². The number of nitrogens with zero attached hydrogens (tertiary/aromatic N) is 3. The average molecular weight is 275 g/mol. The Morgan fingerprint density at radius 2 is 2.15 bits per heavy atom. The number of hydrogen-bond donors (Lipinski definition) is 0. The molecule has 2 aromatic heterocycles. The van der Waals surface area contributed by atoms with Gasteiger partial charge in [-0.15, -0.1) is 5.10 Å². The zero-order chi connectivity index (χ0) is 14.9. The average Bonchev–Trinajstić information content (AvgIpc) is 2.85. The highest BCUT2D eigenvalue weighted by Crippen LogP contribution is 2.20. The van der Waals surface area contributed by atoms with Gasteiger partial charge in [0.15, 0.2) is 11.6 Å². The van der Waals surface area contributed by atoms with Crippen molar-refractivity contribution in [3.8, 4) is 0 Å². The summed E-state index contributed by atoms with van der Waals surface area (Å²) in [5, 5.41) is 4.35. The number of ether oxygens (including phenoxy) is 1. The van der Waals surface area contributed by atoms with Gasteiger partial charge in [0, 0.05) is 12.7 Å². The topological polar surface area (TPSA) is 48.5 Å². The molecule has 0 amide bonds. The molecule has 0 radical (unpaired) electrons. The first kappa shape index (κ1) is 14.4. The molecular weight excluding hydrogens is 254 g/mol. The molecular formula is C15H21N3O2. The number of aryl methyl sites for hydroxylation is 1. The first-order chi connectivity index (χ1) is 9.49. The lowest BCUT2D eigenvalue weighted by molar-refractivity contribution is 0.294. The molecule has 0 aliphatic heterocycles. The normalized spacial score (nSPS) is 11.2. The van der Waals surface area contributed by atoms with E-state index >= 15 is 0 Å². The van der Waals surface area contributed by atoms with Crippen molar-refractivity contribution in [2.75, 3.05) is 6.61 Å². The number of aromatic nitrogens is 3. The third-order valence-corrected chi connectivity index (χ3v) is 3.27. The highest BCUT2D eigenvalue weighted by atomic mass is 16.5. The molecule has 0 aliphatic carbocycles. The fraction of sp³-hybridized carbons (Fsp3) is 0.467. The Morgan fingerprint density at radius 1 is 1.45 bits per heavy atom. The minimum Gasteiger partial charge on any atom is -0.491 e. The molecule has 0 fully saturated rings. The van der Waals surface area contributed by atoms with Crippen molar-refractivity contribution in [1.82, 2.24) is 14.2 Å². The lowest BCUT2D eigenvalue weighted by Gasteiger charge is -2.11. The maximum Gasteiger partial charge on any atom is 0.291 e. The molecule has 0 saturated heterocycles. The summed E-state index contributed by atoms with van der Waals surface area (Å²) in [6.07, 6.45) is 1.94. The van der Waals surface area contributed by atoms with Gasteiger partial charge in [-0.2, -0.15) is 0 Å². The SMILES string of the molecule is C=C(OCC)c1nn(CC)c(=O)c2cc(C(C)C)cn12. The molecule has 2 rings (SSSR count). The fourth-order valence-electron chi connectivity index (χ4n) is 2.12. The molecule has 2 heterocycles. The van der Waals surface area contributed by atoms with E-state index < -0.39 is 0 Å². The highest BCUT2D eigenvalue weighted by molar-refractivity contribution is 5.58. The molecule has 0 N–H and O–H groups in total. The molecule has 0 aliphatic rings. The molecule has 2 aromatic rings. The maximum atomic E-state index is 12.3. The van der Waals surface area contributed by atoms with Crippen molar-refractivity contribution < 1.29 is 4.74 Å². The molecule has 108 valence electrons. The van der Waals surface area contributed by atoms with Crippen molar-refractivity contribution in [3.63, 3.8) is 0 Å². The second-order valence-corrected chi connectivity index (χ2v) is 4.98. The van der Waals surface area contributed by atoms with E-state index in [0.29, 0.717) is 36.2 Å². The molecule has 0 saturated carbocycles. The Labute approximate surface area is 118 Å². The lowest BCUT2D eigenvalue weighted by atomic mass is 10.1. The Morgan fingerprint density at radius 3 is 2.70 bits per heavy atom. The van der Waals surface area contributed by atoms with Crippen LogP contribution in [0.15, 0.2) is 23.6 Å². The number of hydrogen-bond acceptors (Lipinski definition) is 3. The van der Waals surface area contributed by atoms with Crippen LogP contribution < -0.4 is 5.56 Å². The summed E-state index contributed by atoms with van der Waals surface area (Å²) >= 11 is 0. The predicted octanol–water partition coefficient (Wildman–Crippen LogP) is 2.65. The van der Waals surface area contributed by atoms with Crippen LogP contribution in [-0.4, -0.2) is 20.8 Å². The monoisotopic (exact) mass is 275 g/mol. The van der Waals surface area contributed by atoms with Gasteiger partial charge in [-0.3, -0.25) is 9.20 Å². The molecule has 0 unspecified atom stereocenters. The van der Waals surface area contributed by atoms with E-state index in [4.69, 9.17) is 4.74 Å². The van der Waals surface area contributed by atoms with E-state index in [1.54, 1.807) is 4.40 Å². The van der Waals surface area contributed by atoms with Crippen molar-refractivity contribution in [2.45, 2.75) is 40.2 Å². The molecule has 20 heavy (non-hydrogen) atoms. The second kappa shape index (κ2) is 5.53. The third-order valence-electron chi connectivity index (χ3n) is 3.27. The third kappa shape index (κ3) is 2.35. The van der Waals surface area contributed by atoms with Gasteiger partial charge < -0.3 is 4.74 Å². The smallest absolute Gasteiger partial charge is 0.291 e. The zero-order valence-corrected chi connectivity index (χ0v) is 12.5. The van der Waals surface area contributed by atoms with Crippen LogP contribution in [0, 0.1) is 0 Å². The van der Waals surface area contributed by atoms with Crippen LogP contribution in [0.4, 0.5) is 0 Å². The van der Waals surface area contributed by atoms with Crippen LogP contribution in [0.2, 0.25) is 0 Å². The van der Waals surface area contributed by atoms with E-state index in [9.17, 15) is 4.79 Å². The standard InChI is InChI=1S/C15H21N3O2/c1-6-18-15(19)13-8-12(10(3)4)9-17(13)14(16-18)11(5)20-7-2/h8-10H,5-7H2,1-4H3. The summed E-state index contributed by atoms with van der Waals surface area (Å²) in [5.74, 6) is 1.40. The van der Waals surface area contributed by atoms with Gasteiger partial charge in [0.25, 0.3) is 5.56 Å². The van der Waals surface area contributed by atoms with Crippen LogP contribution in [0.25, 0.3) is 11.3 Å². The Hall–Kier alpha value is -2.04. The van der Waals surface area contributed by atoms with E-state index in [1.807, 2.05) is 26.1 Å². The molecule has 5 nitrogen and oxygen atoms in total. The van der Waals surface area contributed by atoms with Gasteiger partial charge in [0.1, 0.15) is 5.52 Å². The van der Waals surface area contributed by atoms with E-state index in [2.05, 4.69) is 25.5 Å². The van der Waals surface area contributed by atoms with Gasteiger partial charge >= 0.3 is 0 Å². The van der Waals surface area contributed by atoms with Crippen LogP contribution in [-0.2, 0) is 11.3 Å². The van der Waals surface area contributed by atoms with Crippen molar-refractivity contribution >= 4 is 11.3 Å². The van der Waals surface area contributed by atoms with Crippen LogP contribution in [0.3, 0.4) is 0 Å². The quantitative estimate of drug-likeness (QED) is 0.788. The first-order valence-corrected chi connectivity index (χ1v) is 6.94. The largest absolute Gasteiger partial charge is 0.491 e. The minimum absolute atomic E-state index is 0.0903. The van der Waals surface area contributed by atoms with Crippen LogP contribution in [0.5, 0.6) is 0 Å². The number of fused-ring (bicyclic) bond motifs is 1. The van der Waals surface area contributed by atoms with E-state index in [1.165, 1.54) is 4.68 Å². The molecule has 0 spiro atoms. The van der Waals surface area contributed by atoms with Crippen molar-refractivity contribution in [2.24, 2.45) is 0 Å². The van der Waals surface area contributed by atoms with Crippen LogP contribution >= 0.6 is 0 Å². The van der Waals surface area contributed by atoms with Gasteiger partial charge in [-0.25, -0.2) is 4.68 Å². The Kier molecular flexibility index (Phi) is 3.97. The maximum absolute atomic E-state index is 12.3. The summed E-state index contributed by atoms with van der Waals surface area (Å²) in [5.41, 5.74) is 1.62. The van der Waals surface area contributed by atoms with Gasteiger partial charge in [-0.1, -0.05) is 20.4 Å². The minimum atomic E-state index is -0.0903. The summed E-state index contributed by atoms with van der Waals surface area (Å²) < 4.78 is 8.67. The first-order valence-electron chi connectivity index (χ1n) is 6.94. The molecule has 0 bridgehead atoms. The lowest BCUT2D eigenvalue weighted by Crippen LogP contribution is -2.26. The number of rotatable bonds is 5. The summed E-state index contributed by atoms with van der Waals surface area (Å²) in [6, 6.07) is 1.92. The van der Waals surface area contributed by atoms with Crippen molar-refractivity contribution in [1.29, 1.82) is 0 Å². The second-order valence-electron chi connectivity index (χ2n) is 4.98. The van der Waals surface area contributed by atoms with Gasteiger partial charge in [0.05, 0.1) is 6.61 Å². The fourth-order valence-corrected chi connectivity index (χ4v) is 2.12. The molecule has 5 heteroatoms. The molecule has 0 atom stereocenters. The highest BCUT2D eigenvalue weighted by Gasteiger charge is 2.15. The summed E-state index contributed by atoms with van der Waals surface area (Å²) in [6.45, 7) is 12.9. The zero-order valence-electron chi connectivity index (χ0n) is 12.5. The Balaban J connectivity index is 2.75. The molecule has 0 aromatic carbocycles.